The number of rotatable bonds is 17. The second-order valence-electron chi connectivity index (χ2n) is 13.3. The van der Waals surface area contributed by atoms with Gasteiger partial charge in [-0.3, -0.25) is 9.69 Å². The number of para-hydroxylation sites is 1. The highest BCUT2D eigenvalue weighted by Crippen LogP contribution is 2.30. The molecular weight excluding hydrogens is 673 g/mol. The molecule has 4 aromatic rings. The van der Waals surface area contributed by atoms with Gasteiger partial charge in [0.25, 0.3) is 5.91 Å². The van der Waals surface area contributed by atoms with Crippen LogP contribution in [0.2, 0.25) is 0 Å². The second-order valence-corrected chi connectivity index (χ2v) is 16.3. The summed E-state index contributed by atoms with van der Waals surface area (Å²) in [6.07, 6.45) is -0.893. The molecule has 4 N–H and O–H groups in total. The molecule has 0 radical (unpaired) electrons. The first-order valence-electron chi connectivity index (χ1n) is 17.3. The summed E-state index contributed by atoms with van der Waals surface area (Å²) < 4.78 is 36.4. The molecule has 0 saturated carbocycles. The summed E-state index contributed by atoms with van der Waals surface area (Å²) in [6.45, 7) is 13.2. The van der Waals surface area contributed by atoms with Crippen LogP contribution < -0.4 is 20.7 Å². The number of piperazine rings is 1. The van der Waals surface area contributed by atoms with Gasteiger partial charge in [0.05, 0.1) is 27.3 Å². The number of sulfonamides is 1. The van der Waals surface area contributed by atoms with E-state index < -0.39 is 28.1 Å². The van der Waals surface area contributed by atoms with Crippen molar-refractivity contribution < 1.29 is 23.1 Å². The Balaban J connectivity index is 1.30. The predicted molar refractivity (Wildman–Crippen MR) is 201 cm³/mol. The summed E-state index contributed by atoms with van der Waals surface area (Å²) in [4.78, 5) is 20.4. The van der Waals surface area contributed by atoms with Crippen LogP contribution in [0.3, 0.4) is 0 Å². The van der Waals surface area contributed by atoms with Crippen LogP contribution in [0.5, 0.6) is 5.75 Å². The number of aryl methyl sites for hydroxylation is 2. The van der Waals surface area contributed by atoms with Crippen molar-refractivity contribution in [1.29, 1.82) is 0 Å². The molecule has 50 heavy (non-hydrogen) atoms. The van der Waals surface area contributed by atoms with Gasteiger partial charge in [0, 0.05) is 52.4 Å². The average Bonchev–Trinajstić information content (AvgIpc) is 3.50. The Labute approximate surface area is 300 Å². The van der Waals surface area contributed by atoms with Crippen LogP contribution in [0.4, 0.5) is 5.13 Å². The smallest absolute Gasteiger partial charge is 0.258 e. The highest BCUT2D eigenvalue weighted by molar-refractivity contribution is 7.89. The van der Waals surface area contributed by atoms with Crippen molar-refractivity contribution in [2.45, 2.75) is 51.2 Å². The highest BCUT2D eigenvalue weighted by Gasteiger charge is 2.32. The van der Waals surface area contributed by atoms with E-state index in [1.165, 1.54) is 15.6 Å². The summed E-state index contributed by atoms with van der Waals surface area (Å²) in [5.41, 5.74) is 3.47. The van der Waals surface area contributed by atoms with Gasteiger partial charge in [-0.05, 0) is 61.1 Å². The lowest BCUT2D eigenvalue weighted by atomic mass is 10.0. The van der Waals surface area contributed by atoms with Gasteiger partial charge in [-0.15, -0.1) is 0 Å². The number of aliphatic hydroxyl groups is 1. The Kier molecular flexibility index (Phi) is 13.2. The number of amides is 1. The van der Waals surface area contributed by atoms with Crippen LogP contribution in [-0.2, 0) is 21.2 Å². The predicted octanol–water partition coefficient (Wildman–Crippen LogP) is 4.04. The van der Waals surface area contributed by atoms with E-state index in [0.717, 1.165) is 71.3 Å². The normalized spacial score (nSPS) is 15.3. The third kappa shape index (κ3) is 10.2. The maximum Gasteiger partial charge on any atom is 0.258 e. The zero-order valence-corrected chi connectivity index (χ0v) is 31.0. The van der Waals surface area contributed by atoms with Crippen molar-refractivity contribution >= 4 is 42.6 Å². The van der Waals surface area contributed by atoms with E-state index in [1.54, 1.807) is 18.2 Å². The van der Waals surface area contributed by atoms with Gasteiger partial charge in [-0.2, -0.15) is 4.31 Å². The molecule has 1 aliphatic heterocycles. The third-order valence-electron chi connectivity index (χ3n) is 8.74. The van der Waals surface area contributed by atoms with Crippen LogP contribution in [0, 0.1) is 19.8 Å². The molecular formula is C37H50N6O5S2. The number of hydrogen-bond acceptors (Lipinski definition) is 10. The topological polar surface area (TPSA) is 136 Å². The number of fused-ring (bicyclic) bond motifs is 1. The van der Waals surface area contributed by atoms with Crippen LogP contribution in [0.15, 0.2) is 71.6 Å². The van der Waals surface area contributed by atoms with Crippen molar-refractivity contribution in [1.82, 2.24) is 24.8 Å². The van der Waals surface area contributed by atoms with E-state index in [1.807, 2.05) is 76.2 Å². The molecule has 11 nitrogen and oxygen atoms in total. The molecule has 13 heteroatoms. The molecule has 2 atom stereocenters. The van der Waals surface area contributed by atoms with E-state index >= 15 is 0 Å². The maximum absolute atomic E-state index is 14.2. The zero-order valence-electron chi connectivity index (χ0n) is 29.4. The summed E-state index contributed by atoms with van der Waals surface area (Å²) in [5, 5.41) is 22.1. The number of aliphatic hydroxyl groups excluding tert-OH is 1. The Morgan fingerprint density at radius 3 is 2.46 bits per heavy atom. The van der Waals surface area contributed by atoms with Crippen molar-refractivity contribution in [3.63, 3.8) is 0 Å². The first kappa shape index (κ1) is 37.7. The van der Waals surface area contributed by atoms with Gasteiger partial charge in [0.2, 0.25) is 10.0 Å². The standard InChI is InChI=1S/C37H50N6O5S2/c1-26(2)23-43(50(46,47)30-13-14-31-34(22-30)49-37(41-31)39-17-20-42-18-15-38-16-19-42)24-33(44)32(21-29-11-6-5-7-12-29)40-35(45)25-48-36-27(3)9-8-10-28(36)4/h5-14,22,26,32-33,38,44H,15-21,23-25H2,1-4H3,(H,39,41)(H,40,45)/t32-,33+/m0/s1. The summed E-state index contributed by atoms with van der Waals surface area (Å²) >= 11 is 1.43. The Morgan fingerprint density at radius 1 is 1.04 bits per heavy atom. The fourth-order valence-corrected chi connectivity index (χ4v) is 8.78. The van der Waals surface area contributed by atoms with Crippen LogP contribution >= 0.6 is 11.3 Å². The van der Waals surface area contributed by atoms with Crippen LogP contribution in [0.1, 0.15) is 30.5 Å². The van der Waals surface area contributed by atoms with Crippen LogP contribution in [0.25, 0.3) is 10.2 Å². The molecule has 0 spiro atoms. The molecule has 2 heterocycles. The lowest BCUT2D eigenvalue weighted by Gasteiger charge is -2.30. The van der Waals surface area contributed by atoms with Gasteiger partial charge in [0.15, 0.2) is 11.7 Å². The fourth-order valence-electron chi connectivity index (χ4n) is 6.12. The quantitative estimate of drug-likeness (QED) is 0.127. The zero-order chi connectivity index (χ0) is 35.7. The van der Waals surface area contributed by atoms with Gasteiger partial charge < -0.3 is 25.8 Å². The number of aromatic nitrogens is 1. The van der Waals surface area contributed by atoms with E-state index in [4.69, 9.17) is 4.74 Å². The lowest BCUT2D eigenvalue weighted by molar-refractivity contribution is -0.124. The van der Waals surface area contributed by atoms with E-state index in [-0.39, 0.29) is 30.5 Å². The third-order valence-corrected chi connectivity index (χ3v) is 11.5. The minimum absolute atomic E-state index is 0.0106. The first-order valence-corrected chi connectivity index (χ1v) is 19.5. The summed E-state index contributed by atoms with van der Waals surface area (Å²) in [5.74, 6) is 0.232. The van der Waals surface area contributed by atoms with Crippen LogP contribution in [-0.4, -0.2) is 105 Å². The second kappa shape index (κ2) is 17.6. The monoisotopic (exact) mass is 722 g/mol. The van der Waals surface area contributed by atoms with Crippen molar-refractivity contribution in [2.24, 2.45) is 5.92 Å². The molecule has 1 amide bonds. The molecule has 0 unspecified atom stereocenters. The number of nitrogens with zero attached hydrogens (tertiary/aromatic N) is 3. The number of benzene rings is 3. The Bertz CT molecular complexity index is 1790. The maximum atomic E-state index is 14.2. The molecule has 1 aromatic heterocycles. The van der Waals surface area contributed by atoms with Gasteiger partial charge >= 0.3 is 0 Å². The van der Waals surface area contributed by atoms with Crippen molar-refractivity contribution in [2.75, 3.05) is 64.3 Å². The van der Waals surface area contributed by atoms with Gasteiger partial charge in [-0.25, -0.2) is 13.4 Å². The lowest BCUT2D eigenvalue weighted by Crippen LogP contribution is -2.52. The number of anilines is 1. The minimum Gasteiger partial charge on any atom is -0.483 e. The number of ether oxygens (including phenoxy) is 1. The minimum atomic E-state index is -4.01. The first-order chi connectivity index (χ1) is 24.0. The highest BCUT2D eigenvalue weighted by atomic mass is 32.2. The van der Waals surface area contributed by atoms with Crippen molar-refractivity contribution in [3.05, 3.63) is 83.4 Å². The molecule has 1 fully saturated rings. The van der Waals surface area contributed by atoms with Gasteiger partial charge in [0.1, 0.15) is 5.75 Å². The van der Waals surface area contributed by atoms with Gasteiger partial charge in [-0.1, -0.05) is 73.7 Å². The Morgan fingerprint density at radius 2 is 1.76 bits per heavy atom. The van der Waals surface area contributed by atoms with E-state index in [2.05, 4.69) is 25.8 Å². The number of carbonyl (C=O) groups excluding carboxylic acids is 1. The van der Waals surface area contributed by atoms with Crippen molar-refractivity contribution in [3.8, 4) is 5.75 Å². The number of hydrogen-bond donors (Lipinski definition) is 4. The molecule has 5 rings (SSSR count). The molecule has 3 aromatic carbocycles. The van der Waals surface area contributed by atoms with E-state index in [0.29, 0.717) is 12.2 Å². The molecule has 270 valence electrons. The summed E-state index contributed by atoms with van der Waals surface area (Å²) in [6, 6.07) is 19.5. The largest absolute Gasteiger partial charge is 0.483 e. The van der Waals surface area contributed by atoms with E-state index in [9.17, 15) is 18.3 Å². The fraction of sp³-hybridized carbons (Fsp3) is 0.459. The molecule has 1 saturated heterocycles. The Hall–Kier alpha value is -3.59. The number of nitrogens with one attached hydrogen (secondary N) is 3. The summed E-state index contributed by atoms with van der Waals surface area (Å²) in [7, 11) is -4.01. The molecule has 0 aliphatic carbocycles. The molecule has 0 bridgehead atoms. The average molecular weight is 723 g/mol. The number of thiazole rings is 1. The molecule has 1 aliphatic rings. The number of carbonyl (C=O) groups is 1. The SMILES string of the molecule is Cc1cccc(C)c1OCC(=O)N[C@@H](Cc1ccccc1)[C@H](O)CN(CC(C)C)S(=O)(=O)c1ccc2nc(NCCN3CCNCC3)sc2c1.